The van der Waals surface area contributed by atoms with Gasteiger partial charge in [0.15, 0.2) is 0 Å². The first-order valence-electron chi connectivity index (χ1n) is 7.45. The number of hydrogen-bond donors (Lipinski definition) is 1. The van der Waals surface area contributed by atoms with Gasteiger partial charge >= 0.3 is 0 Å². The quantitative estimate of drug-likeness (QED) is 0.876. The first-order valence-corrected chi connectivity index (χ1v) is 8.21. The Morgan fingerprint density at radius 1 is 1.25 bits per heavy atom. The van der Waals surface area contributed by atoms with Crippen molar-refractivity contribution in [3.05, 3.63) is 33.8 Å². The molecule has 1 N–H and O–H groups in total. The van der Waals surface area contributed by atoms with E-state index in [-0.39, 0.29) is 0 Å². The molecule has 0 spiro atoms. The Morgan fingerprint density at radius 3 is 2.60 bits per heavy atom. The van der Waals surface area contributed by atoms with Crippen LogP contribution in [0.1, 0.15) is 32.3 Å². The zero-order valence-corrected chi connectivity index (χ0v) is 13.8. The van der Waals surface area contributed by atoms with E-state index in [2.05, 4.69) is 30.1 Å². The molecule has 2 nitrogen and oxygen atoms in total. The van der Waals surface area contributed by atoms with Crippen molar-refractivity contribution in [2.75, 3.05) is 19.6 Å². The summed E-state index contributed by atoms with van der Waals surface area (Å²) in [4.78, 5) is 2.57. The summed E-state index contributed by atoms with van der Waals surface area (Å²) in [6.45, 7) is 8.77. The van der Waals surface area contributed by atoms with Crippen LogP contribution in [0.2, 0.25) is 10.0 Å². The first kappa shape index (κ1) is 16.1. The van der Waals surface area contributed by atoms with E-state index in [9.17, 15) is 0 Å². The Balaban J connectivity index is 2.12. The SMILES string of the molecule is CC(C)CN(Cc1cccc(Cl)c1Cl)C1CCNCC1. The lowest BCUT2D eigenvalue weighted by molar-refractivity contribution is 0.137. The summed E-state index contributed by atoms with van der Waals surface area (Å²) in [5.41, 5.74) is 1.14. The smallest absolute Gasteiger partial charge is 0.0637 e. The van der Waals surface area contributed by atoms with Crippen LogP contribution in [0.5, 0.6) is 0 Å². The van der Waals surface area contributed by atoms with E-state index < -0.39 is 0 Å². The molecule has 1 aromatic rings. The van der Waals surface area contributed by atoms with Gasteiger partial charge in [0.25, 0.3) is 0 Å². The van der Waals surface area contributed by atoms with Gasteiger partial charge in [-0.1, -0.05) is 49.2 Å². The molecule has 0 unspecified atom stereocenters. The number of nitrogens with zero attached hydrogens (tertiary/aromatic N) is 1. The van der Waals surface area contributed by atoms with Crippen molar-refractivity contribution in [2.45, 2.75) is 39.3 Å². The lowest BCUT2D eigenvalue weighted by Crippen LogP contribution is -2.44. The fraction of sp³-hybridized carbons (Fsp3) is 0.625. The van der Waals surface area contributed by atoms with E-state index in [1.807, 2.05) is 12.1 Å². The minimum absolute atomic E-state index is 0.647. The van der Waals surface area contributed by atoms with Crippen LogP contribution in [0.4, 0.5) is 0 Å². The van der Waals surface area contributed by atoms with Gasteiger partial charge in [0, 0.05) is 19.1 Å². The van der Waals surface area contributed by atoms with Crippen LogP contribution in [-0.4, -0.2) is 30.6 Å². The molecular formula is C16H24Cl2N2. The zero-order chi connectivity index (χ0) is 14.5. The Bertz CT molecular complexity index is 428. The molecule has 0 aromatic heterocycles. The second-order valence-electron chi connectivity index (χ2n) is 6.02. The largest absolute Gasteiger partial charge is 0.317 e. The van der Waals surface area contributed by atoms with E-state index >= 15 is 0 Å². The van der Waals surface area contributed by atoms with Crippen molar-refractivity contribution >= 4 is 23.2 Å². The Labute approximate surface area is 132 Å². The lowest BCUT2D eigenvalue weighted by atomic mass is 10.0. The highest BCUT2D eigenvalue weighted by molar-refractivity contribution is 6.42. The molecule has 1 aliphatic heterocycles. The van der Waals surface area contributed by atoms with Crippen molar-refractivity contribution in [1.82, 2.24) is 10.2 Å². The Morgan fingerprint density at radius 2 is 1.95 bits per heavy atom. The maximum Gasteiger partial charge on any atom is 0.0637 e. The highest BCUT2D eigenvalue weighted by atomic mass is 35.5. The van der Waals surface area contributed by atoms with Gasteiger partial charge < -0.3 is 5.32 Å². The third-order valence-electron chi connectivity index (χ3n) is 3.83. The molecule has 1 saturated heterocycles. The average molecular weight is 315 g/mol. The molecule has 0 bridgehead atoms. The normalized spacial score (nSPS) is 17.1. The van der Waals surface area contributed by atoms with Crippen LogP contribution in [0.3, 0.4) is 0 Å². The van der Waals surface area contributed by atoms with Gasteiger partial charge in [-0.25, -0.2) is 0 Å². The summed E-state index contributed by atoms with van der Waals surface area (Å²) in [7, 11) is 0. The van der Waals surface area contributed by atoms with Crippen molar-refractivity contribution in [3.8, 4) is 0 Å². The minimum Gasteiger partial charge on any atom is -0.317 e. The molecule has 0 atom stereocenters. The van der Waals surface area contributed by atoms with Gasteiger partial charge in [0.1, 0.15) is 0 Å². The molecule has 0 saturated carbocycles. The number of rotatable bonds is 5. The predicted octanol–water partition coefficient (Wildman–Crippen LogP) is 4.20. The van der Waals surface area contributed by atoms with E-state index in [1.165, 1.54) is 12.8 Å². The van der Waals surface area contributed by atoms with Gasteiger partial charge in [-0.05, 0) is 43.5 Å². The van der Waals surface area contributed by atoms with E-state index in [4.69, 9.17) is 23.2 Å². The average Bonchev–Trinajstić information content (AvgIpc) is 2.43. The molecule has 0 aliphatic carbocycles. The molecular weight excluding hydrogens is 291 g/mol. The molecule has 4 heteroatoms. The predicted molar refractivity (Wildman–Crippen MR) is 87.6 cm³/mol. The second-order valence-corrected chi connectivity index (χ2v) is 6.80. The highest BCUT2D eigenvalue weighted by Gasteiger charge is 2.22. The fourth-order valence-corrected chi connectivity index (χ4v) is 3.25. The first-order chi connectivity index (χ1) is 9.58. The number of hydrogen-bond acceptors (Lipinski definition) is 2. The molecule has 0 radical (unpaired) electrons. The van der Waals surface area contributed by atoms with E-state index in [1.54, 1.807) is 0 Å². The van der Waals surface area contributed by atoms with E-state index in [0.29, 0.717) is 22.0 Å². The van der Waals surface area contributed by atoms with Crippen LogP contribution < -0.4 is 5.32 Å². The highest BCUT2D eigenvalue weighted by Crippen LogP contribution is 2.28. The van der Waals surface area contributed by atoms with Crippen LogP contribution in [0, 0.1) is 5.92 Å². The van der Waals surface area contributed by atoms with Gasteiger partial charge in [-0.15, -0.1) is 0 Å². The van der Waals surface area contributed by atoms with Crippen LogP contribution in [0.15, 0.2) is 18.2 Å². The number of piperidine rings is 1. The molecule has 20 heavy (non-hydrogen) atoms. The zero-order valence-electron chi connectivity index (χ0n) is 12.3. The Kier molecular flexibility index (Phi) is 6.16. The topological polar surface area (TPSA) is 15.3 Å². The van der Waals surface area contributed by atoms with Gasteiger partial charge in [0.2, 0.25) is 0 Å². The molecule has 112 valence electrons. The van der Waals surface area contributed by atoms with Gasteiger partial charge in [-0.2, -0.15) is 0 Å². The third-order valence-corrected chi connectivity index (χ3v) is 4.69. The number of halogens is 2. The molecule has 1 aromatic carbocycles. The van der Waals surface area contributed by atoms with E-state index in [0.717, 1.165) is 31.7 Å². The lowest BCUT2D eigenvalue weighted by Gasteiger charge is -2.36. The third kappa shape index (κ3) is 4.36. The summed E-state index contributed by atoms with van der Waals surface area (Å²) in [6.07, 6.45) is 2.43. The molecule has 1 heterocycles. The monoisotopic (exact) mass is 314 g/mol. The fourth-order valence-electron chi connectivity index (χ4n) is 2.87. The second kappa shape index (κ2) is 7.65. The summed E-state index contributed by atoms with van der Waals surface area (Å²) >= 11 is 12.5. The van der Waals surface area contributed by atoms with Crippen LogP contribution in [-0.2, 0) is 6.54 Å². The molecule has 0 amide bonds. The standard InChI is InChI=1S/C16H24Cl2N2/c1-12(2)10-20(14-6-8-19-9-7-14)11-13-4-3-5-15(17)16(13)18/h3-5,12,14,19H,6-11H2,1-2H3. The van der Waals surface area contributed by atoms with Crippen LogP contribution >= 0.6 is 23.2 Å². The molecule has 1 fully saturated rings. The minimum atomic E-state index is 0.647. The summed E-state index contributed by atoms with van der Waals surface area (Å²) in [5, 5.41) is 4.79. The van der Waals surface area contributed by atoms with Crippen LogP contribution in [0.25, 0.3) is 0 Å². The summed E-state index contributed by atoms with van der Waals surface area (Å²) < 4.78 is 0. The molecule has 2 rings (SSSR count). The van der Waals surface area contributed by atoms with Gasteiger partial charge in [0.05, 0.1) is 10.0 Å². The maximum absolute atomic E-state index is 6.34. The number of nitrogens with one attached hydrogen (secondary N) is 1. The van der Waals surface area contributed by atoms with Crippen molar-refractivity contribution < 1.29 is 0 Å². The maximum atomic E-state index is 6.34. The summed E-state index contributed by atoms with van der Waals surface area (Å²) in [6, 6.07) is 6.57. The van der Waals surface area contributed by atoms with Crippen molar-refractivity contribution in [1.29, 1.82) is 0 Å². The van der Waals surface area contributed by atoms with Gasteiger partial charge in [-0.3, -0.25) is 4.90 Å². The number of benzene rings is 1. The molecule has 1 aliphatic rings. The van der Waals surface area contributed by atoms with Crippen molar-refractivity contribution in [3.63, 3.8) is 0 Å². The van der Waals surface area contributed by atoms with Crippen molar-refractivity contribution in [2.24, 2.45) is 5.92 Å². The summed E-state index contributed by atoms with van der Waals surface area (Å²) in [5.74, 6) is 0.655. The Hall–Kier alpha value is -0.280.